The summed E-state index contributed by atoms with van der Waals surface area (Å²) in [4.78, 5) is 0. The molecule has 0 unspecified atom stereocenters. The summed E-state index contributed by atoms with van der Waals surface area (Å²) in [5.41, 5.74) is -3.07. The lowest BCUT2D eigenvalue weighted by molar-refractivity contribution is -0.0436. The summed E-state index contributed by atoms with van der Waals surface area (Å²) >= 11 is 0. The van der Waals surface area contributed by atoms with Crippen LogP contribution in [0.15, 0.2) is 60.7 Å². The van der Waals surface area contributed by atoms with Gasteiger partial charge in [0.25, 0.3) is 0 Å². The molecule has 0 aliphatic carbocycles. The van der Waals surface area contributed by atoms with Crippen molar-refractivity contribution in [2.75, 3.05) is 5.32 Å². The topological polar surface area (TPSA) is 72.2 Å². The van der Waals surface area contributed by atoms with Gasteiger partial charge in [-0.05, 0) is 24.3 Å². The third-order valence-electron chi connectivity index (χ3n) is 2.16. The summed E-state index contributed by atoms with van der Waals surface area (Å²) in [6.07, 6.45) is 0. The molecule has 0 aliphatic rings. The van der Waals surface area contributed by atoms with Crippen LogP contribution >= 0.6 is 0 Å². The molecule has 21 heavy (non-hydrogen) atoms. The summed E-state index contributed by atoms with van der Waals surface area (Å²) in [7, 11) is -5.34. The first-order chi connectivity index (χ1) is 9.70. The lowest BCUT2D eigenvalue weighted by Crippen LogP contribution is -2.30. The number of hydrogen-bond donors (Lipinski definition) is 2. The van der Waals surface area contributed by atoms with E-state index in [2.05, 4.69) is 10.5 Å². The van der Waals surface area contributed by atoms with Gasteiger partial charge in [-0.1, -0.05) is 36.4 Å². The normalized spacial score (nSPS) is 11.2. The maximum Gasteiger partial charge on any atom is 0.511 e. The van der Waals surface area contributed by atoms with Crippen molar-refractivity contribution < 1.29 is 21.6 Å². The Morgan fingerprint density at radius 2 is 1.10 bits per heavy atom. The highest BCUT2D eigenvalue weighted by atomic mass is 32.2. The van der Waals surface area contributed by atoms with E-state index in [0.29, 0.717) is 0 Å². The Morgan fingerprint density at radius 3 is 1.33 bits per heavy atom. The molecule has 8 heteroatoms. The van der Waals surface area contributed by atoms with E-state index in [0.717, 1.165) is 11.4 Å². The third-order valence-corrected chi connectivity index (χ3v) is 2.80. The largest absolute Gasteiger partial charge is 0.511 e. The molecule has 0 bridgehead atoms. The van der Waals surface area contributed by atoms with Gasteiger partial charge in [-0.15, -0.1) is 0 Å². The van der Waals surface area contributed by atoms with E-state index < -0.39 is 15.5 Å². The van der Waals surface area contributed by atoms with Gasteiger partial charge in [-0.25, -0.2) is 13.6 Å². The van der Waals surface area contributed by atoms with Crippen LogP contribution in [0.25, 0.3) is 0 Å². The van der Waals surface area contributed by atoms with Crippen LogP contribution < -0.4 is 10.5 Å². The van der Waals surface area contributed by atoms with Crippen LogP contribution in [0, 0.1) is 0 Å². The maximum absolute atomic E-state index is 10.8. The summed E-state index contributed by atoms with van der Waals surface area (Å²) in [5, 5.41) is 6.96. The Labute approximate surface area is 120 Å². The van der Waals surface area contributed by atoms with E-state index in [9.17, 15) is 21.6 Å². The molecule has 0 atom stereocenters. The van der Waals surface area contributed by atoms with Gasteiger partial charge >= 0.3 is 15.5 Å². The zero-order valence-electron chi connectivity index (χ0n) is 10.7. The van der Waals surface area contributed by atoms with E-state index in [1.54, 1.807) is 0 Å². The predicted molar refractivity (Wildman–Crippen MR) is 75.3 cm³/mol. The van der Waals surface area contributed by atoms with Crippen molar-refractivity contribution in [3.63, 3.8) is 0 Å². The summed E-state index contributed by atoms with van der Waals surface area (Å²) in [5.74, 6) is 0. The van der Waals surface area contributed by atoms with Crippen molar-refractivity contribution >= 4 is 21.4 Å². The van der Waals surface area contributed by atoms with Crippen molar-refractivity contribution in [3.8, 4) is 0 Å². The Bertz CT molecular complexity index is 607. The van der Waals surface area contributed by atoms with Gasteiger partial charge in [-0.2, -0.15) is 13.2 Å². The van der Waals surface area contributed by atoms with E-state index in [1.807, 2.05) is 60.7 Å². The fourth-order valence-electron chi connectivity index (χ4n) is 1.21. The van der Waals surface area contributed by atoms with E-state index in [-0.39, 0.29) is 0 Å². The van der Waals surface area contributed by atoms with Gasteiger partial charge in [0.05, 0.1) is 0 Å². The quantitative estimate of drug-likeness (QED) is 0.893. The number of benzene rings is 2. The fourth-order valence-corrected chi connectivity index (χ4v) is 1.21. The van der Waals surface area contributed by atoms with Crippen LogP contribution in [0.3, 0.4) is 0 Å². The van der Waals surface area contributed by atoms with Crippen molar-refractivity contribution in [1.82, 2.24) is 0 Å². The number of nitrogens with one attached hydrogen (secondary N) is 1. The standard InChI is InChI=1S/C12H11N.CH2F3NO2S/c1-3-7-11(8-4-1)13-12-9-5-2-6-10-12;2-1(3,4)8(5,6)7/h1-10,13H;(H2,5,6,7). The SMILES string of the molecule is NS(=O)(=O)C(F)(F)F.c1ccc(Nc2ccccc2)cc1. The molecule has 2 aromatic carbocycles. The van der Waals surface area contributed by atoms with Crippen molar-refractivity contribution in [2.24, 2.45) is 5.14 Å². The number of halogens is 3. The zero-order chi connectivity index (χ0) is 15.9. The van der Waals surface area contributed by atoms with E-state index >= 15 is 0 Å². The minimum Gasteiger partial charge on any atom is -0.356 e. The van der Waals surface area contributed by atoms with Gasteiger partial charge in [0.1, 0.15) is 0 Å². The lowest BCUT2D eigenvalue weighted by Gasteiger charge is -2.04. The fraction of sp³-hybridized carbons (Fsp3) is 0.0769. The number of para-hydroxylation sites is 2. The molecular formula is C13H13F3N2O2S. The van der Waals surface area contributed by atoms with Crippen LogP contribution in [0.5, 0.6) is 0 Å². The second-order valence-electron chi connectivity index (χ2n) is 3.85. The van der Waals surface area contributed by atoms with Crippen LogP contribution in [0.1, 0.15) is 0 Å². The molecule has 3 N–H and O–H groups in total. The van der Waals surface area contributed by atoms with Crippen molar-refractivity contribution in [3.05, 3.63) is 60.7 Å². The molecule has 0 radical (unpaired) electrons. The Hall–Kier alpha value is -2.06. The first kappa shape index (κ1) is 17.0. The number of anilines is 2. The van der Waals surface area contributed by atoms with Gasteiger partial charge < -0.3 is 5.32 Å². The number of nitrogens with two attached hydrogens (primary N) is 1. The van der Waals surface area contributed by atoms with Crippen molar-refractivity contribution in [1.29, 1.82) is 0 Å². The van der Waals surface area contributed by atoms with Crippen LogP contribution in [-0.2, 0) is 10.0 Å². The molecule has 0 heterocycles. The zero-order valence-corrected chi connectivity index (χ0v) is 11.5. The highest BCUT2D eigenvalue weighted by molar-refractivity contribution is 7.90. The highest BCUT2D eigenvalue weighted by Crippen LogP contribution is 2.18. The first-order valence-electron chi connectivity index (χ1n) is 5.66. The van der Waals surface area contributed by atoms with Gasteiger partial charge in [0.2, 0.25) is 0 Å². The molecule has 0 spiro atoms. The molecule has 0 aromatic heterocycles. The Morgan fingerprint density at radius 1 is 0.810 bits per heavy atom. The monoisotopic (exact) mass is 318 g/mol. The molecule has 2 aromatic rings. The molecule has 4 nitrogen and oxygen atoms in total. The summed E-state index contributed by atoms with van der Waals surface area (Å²) < 4.78 is 51.2. The second-order valence-corrected chi connectivity index (χ2v) is 5.40. The predicted octanol–water partition coefficient (Wildman–Crippen LogP) is 3.22. The summed E-state index contributed by atoms with van der Waals surface area (Å²) in [6, 6.07) is 20.3. The number of alkyl halides is 3. The number of rotatable bonds is 2. The summed E-state index contributed by atoms with van der Waals surface area (Å²) in [6.45, 7) is 0. The highest BCUT2D eigenvalue weighted by Gasteiger charge is 2.42. The number of sulfonamides is 1. The number of hydrogen-bond acceptors (Lipinski definition) is 3. The molecule has 0 amide bonds. The van der Waals surface area contributed by atoms with E-state index in [4.69, 9.17) is 0 Å². The molecule has 0 saturated carbocycles. The number of primary sulfonamides is 1. The minimum atomic E-state index is -5.34. The van der Waals surface area contributed by atoms with Gasteiger partial charge in [0, 0.05) is 11.4 Å². The Kier molecular flexibility index (Phi) is 5.74. The molecular weight excluding hydrogens is 305 g/mol. The molecule has 0 saturated heterocycles. The van der Waals surface area contributed by atoms with Gasteiger partial charge in [-0.3, -0.25) is 0 Å². The van der Waals surface area contributed by atoms with E-state index in [1.165, 1.54) is 0 Å². The van der Waals surface area contributed by atoms with Crippen molar-refractivity contribution in [2.45, 2.75) is 5.51 Å². The van der Waals surface area contributed by atoms with Crippen LogP contribution in [-0.4, -0.2) is 13.9 Å². The molecule has 0 fully saturated rings. The minimum absolute atomic E-state index is 1.12. The van der Waals surface area contributed by atoms with Crippen LogP contribution in [0.2, 0.25) is 0 Å². The maximum atomic E-state index is 10.8. The molecule has 0 aliphatic heterocycles. The Balaban J connectivity index is 0.000000240. The van der Waals surface area contributed by atoms with Gasteiger partial charge in [0.15, 0.2) is 0 Å². The lowest BCUT2D eigenvalue weighted by atomic mass is 10.3. The smallest absolute Gasteiger partial charge is 0.356 e. The first-order valence-corrected chi connectivity index (χ1v) is 7.21. The third kappa shape index (κ3) is 6.28. The second kappa shape index (κ2) is 7.09. The molecule has 114 valence electrons. The average molecular weight is 318 g/mol. The average Bonchev–Trinajstić information content (AvgIpc) is 2.39. The van der Waals surface area contributed by atoms with Crippen LogP contribution in [0.4, 0.5) is 24.5 Å². The molecule has 2 rings (SSSR count).